The molecule has 0 bridgehead atoms. The Balaban J connectivity index is 0.000000587. The number of nitrogen functional groups attached to an aromatic ring is 1. The summed E-state index contributed by atoms with van der Waals surface area (Å²) in [5.74, 6) is -3.24. The molecule has 41 heavy (non-hydrogen) atoms. The number of nitrogens with one attached hydrogen (secondary N) is 2. The highest BCUT2D eigenvalue weighted by Crippen LogP contribution is 2.31. The predicted molar refractivity (Wildman–Crippen MR) is 152 cm³/mol. The molecule has 216 valence electrons. The van der Waals surface area contributed by atoms with Crippen molar-refractivity contribution in [3.05, 3.63) is 100 Å². The maximum absolute atomic E-state index is 13.3. The van der Waals surface area contributed by atoms with Crippen molar-refractivity contribution in [1.82, 2.24) is 14.4 Å². The van der Waals surface area contributed by atoms with Gasteiger partial charge in [0.25, 0.3) is 5.91 Å². The van der Waals surface area contributed by atoms with Gasteiger partial charge in [0.2, 0.25) is 0 Å². The Labute approximate surface area is 239 Å². The minimum Gasteiger partial charge on any atom is -0.542 e. The summed E-state index contributed by atoms with van der Waals surface area (Å²) in [6.07, 6.45) is -5.19. The molecule has 0 radical (unpaired) electrons. The average Bonchev–Trinajstić information content (AvgIpc) is 3.18. The molecule has 0 spiro atoms. The van der Waals surface area contributed by atoms with Crippen LogP contribution in [0.3, 0.4) is 0 Å². The minimum absolute atomic E-state index is 0.00601. The fraction of sp³-hybridized carbons (Fsp3) is 0.207. The van der Waals surface area contributed by atoms with E-state index in [1.54, 1.807) is 6.07 Å². The molecule has 0 unspecified atom stereocenters. The Bertz CT molecular complexity index is 1580. The van der Waals surface area contributed by atoms with Gasteiger partial charge < -0.3 is 25.5 Å². The molecule has 1 aromatic heterocycles. The molecule has 0 fully saturated rings. The third kappa shape index (κ3) is 7.86. The average molecular weight is 588 g/mol. The lowest BCUT2D eigenvalue weighted by atomic mass is 10.1. The Morgan fingerprint density at radius 2 is 1.61 bits per heavy atom. The molecule has 0 saturated heterocycles. The first-order valence-corrected chi connectivity index (χ1v) is 12.6. The zero-order valence-corrected chi connectivity index (χ0v) is 23.3. The minimum atomic E-state index is -5.19. The topological polar surface area (TPSA) is 124 Å². The maximum atomic E-state index is 13.3. The molecule has 1 heterocycles. The highest BCUT2D eigenvalue weighted by Gasteiger charge is 2.29. The zero-order valence-electron chi connectivity index (χ0n) is 22.6. The number of carbonyl (C=O) groups excluding carboxylic acids is 2. The quantitative estimate of drug-likeness (QED) is 0.171. The van der Waals surface area contributed by atoms with E-state index >= 15 is 0 Å². The third-order valence-electron chi connectivity index (χ3n) is 6.10. The molecule has 3 aromatic carbocycles. The second kappa shape index (κ2) is 12.4. The lowest BCUT2D eigenvalue weighted by molar-refractivity contribution is -0.344. The number of amides is 1. The molecule has 4 aromatic rings. The largest absolute Gasteiger partial charge is 0.542 e. The van der Waals surface area contributed by atoms with E-state index in [-0.39, 0.29) is 11.7 Å². The number of alkyl halides is 3. The molecule has 1 amide bonds. The van der Waals surface area contributed by atoms with Gasteiger partial charge in [-0.2, -0.15) is 13.2 Å². The number of para-hydroxylation sites is 1. The van der Waals surface area contributed by atoms with E-state index in [0.29, 0.717) is 29.4 Å². The molecule has 12 heteroatoms. The van der Waals surface area contributed by atoms with Crippen molar-refractivity contribution in [3.8, 4) is 0 Å². The molecule has 4 rings (SSSR count). The van der Waals surface area contributed by atoms with Gasteiger partial charge in [0.1, 0.15) is 23.2 Å². The zero-order chi connectivity index (χ0) is 30.5. The summed E-state index contributed by atoms with van der Waals surface area (Å²) in [5, 5.41) is 20.8. The number of aromatic nitrogens is 1. The van der Waals surface area contributed by atoms with Crippen LogP contribution in [0.2, 0.25) is 5.02 Å². The summed E-state index contributed by atoms with van der Waals surface area (Å²) < 4.78 is 34.2. The molecule has 8 nitrogen and oxygen atoms in total. The van der Waals surface area contributed by atoms with E-state index in [2.05, 4.69) is 38.6 Å². The van der Waals surface area contributed by atoms with Gasteiger partial charge in [-0.05, 0) is 35.4 Å². The number of fused-ring (bicyclic) bond motifs is 1. The number of nitrogens with two attached hydrogens (primary N) is 1. The lowest BCUT2D eigenvalue weighted by Gasteiger charge is -2.23. The fourth-order valence-electron chi connectivity index (χ4n) is 3.99. The molecular weight excluding hydrogens is 559 g/mol. The van der Waals surface area contributed by atoms with Crippen LogP contribution >= 0.6 is 11.6 Å². The van der Waals surface area contributed by atoms with Crippen molar-refractivity contribution in [2.24, 2.45) is 5.73 Å². The van der Waals surface area contributed by atoms with Gasteiger partial charge in [0.05, 0.1) is 31.7 Å². The number of carboxylic acids is 1. The van der Waals surface area contributed by atoms with Crippen LogP contribution in [-0.4, -0.2) is 49.6 Å². The maximum Gasteiger partial charge on any atom is 0.430 e. The van der Waals surface area contributed by atoms with Gasteiger partial charge in [-0.1, -0.05) is 60.1 Å². The molecule has 0 atom stereocenters. The molecule has 0 aliphatic heterocycles. The van der Waals surface area contributed by atoms with Gasteiger partial charge >= 0.3 is 6.18 Å². The number of halogens is 4. The van der Waals surface area contributed by atoms with Crippen molar-refractivity contribution >= 4 is 45.9 Å². The predicted octanol–water partition coefficient (Wildman–Crippen LogP) is 4.05. The highest BCUT2D eigenvalue weighted by atomic mass is 35.5. The van der Waals surface area contributed by atoms with Crippen molar-refractivity contribution in [3.63, 3.8) is 0 Å². The van der Waals surface area contributed by atoms with Gasteiger partial charge in [-0.3, -0.25) is 14.7 Å². The number of quaternary nitrogens is 1. The van der Waals surface area contributed by atoms with Gasteiger partial charge in [-0.25, -0.2) is 0 Å². The smallest absolute Gasteiger partial charge is 0.430 e. The van der Waals surface area contributed by atoms with Gasteiger partial charge in [0.15, 0.2) is 0 Å². The summed E-state index contributed by atoms with van der Waals surface area (Å²) in [5.41, 5.74) is 10.7. The van der Waals surface area contributed by atoms with Gasteiger partial charge in [0, 0.05) is 24.0 Å². The molecular formula is C29H29ClF3N5O3. The first kappa shape index (κ1) is 31.2. The van der Waals surface area contributed by atoms with E-state index < -0.39 is 12.1 Å². The fourth-order valence-corrected chi connectivity index (χ4v) is 4.34. The summed E-state index contributed by atoms with van der Waals surface area (Å²) in [6.45, 7) is 0.823. The van der Waals surface area contributed by atoms with E-state index in [1.807, 2.05) is 59.2 Å². The van der Waals surface area contributed by atoms with Crippen molar-refractivity contribution < 1.29 is 27.9 Å². The van der Waals surface area contributed by atoms with Gasteiger partial charge in [-0.15, -0.1) is 0 Å². The first-order valence-electron chi connectivity index (χ1n) is 12.3. The second-order valence-electron chi connectivity index (χ2n) is 10.0. The van der Waals surface area contributed by atoms with E-state index in [9.17, 15) is 18.0 Å². The number of hydrogen-bond donors (Lipinski definition) is 3. The molecule has 4 N–H and O–H groups in total. The summed E-state index contributed by atoms with van der Waals surface area (Å²) in [4.78, 5) is 22.1. The van der Waals surface area contributed by atoms with Crippen LogP contribution in [0.15, 0.2) is 72.8 Å². The number of nitrogens with zero attached hydrogens (tertiary/aromatic N) is 2. The number of aliphatic carboxylic acids is 1. The van der Waals surface area contributed by atoms with E-state index in [0.717, 1.165) is 26.5 Å². The van der Waals surface area contributed by atoms with Crippen molar-refractivity contribution in [1.29, 1.82) is 5.41 Å². The number of rotatable bonds is 7. The number of carboxylic acid groups (broad SMARTS) is 1. The van der Waals surface area contributed by atoms with Crippen LogP contribution in [0.25, 0.3) is 10.9 Å². The summed E-state index contributed by atoms with van der Waals surface area (Å²) >= 11 is 6.72. The third-order valence-corrected chi connectivity index (χ3v) is 6.48. The Hall–Kier alpha value is -4.35. The van der Waals surface area contributed by atoms with Crippen molar-refractivity contribution in [2.75, 3.05) is 21.1 Å². The summed E-state index contributed by atoms with van der Waals surface area (Å²) in [7, 11) is 6.34. The Morgan fingerprint density at radius 1 is 1.00 bits per heavy atom. The van der Waals surface area contributed by atoms with Crippen LogP contribution in [0.4, 0.5) is 18.9 Å². The van der Waals surface area contributed by atoms with E-state index in [4.69, 9.17) is 32.6 Å². The van der Waals surface area contributed by atoms with Crippen LogP contribution in [0.5, 0.6) is 0 Å². The standard InChI is InChI=1S/C27H28ClN5O.C2HF3O2/c1-33(2,3)21-13-11-18(12-14-21)16-31-27(34)25-24(28)22-9-4-5-10-23(22)32(25)17-19-7-6-8-20(15-19)26(29)30;3-2(4,5)1(6)7/h4-15H,16-17H2,1-3H3,(H3-,29,30,31,34);(H,6,7). The SMILES string of the molecule is C[N+](C)(C)c1ccc(CNC(=O)c2c(Cl)c3ccccc3n2Cc2cccc(C(=N)N)c2)cc1.O=C([O-])C(F)(F)F. The monoisotopic (exact) mass is 587 g/mol. The first-order chi connectivity index (χ1) is 19.1. The van der Waals surface area contributed by atoms with Crippen LogP contribution in [-0.2, 0) is 17.9 Å². The van der Waals surface area contributed by atoms with E-state index in [1.165, 1.54) is 5.69 Å². The molecule has 0 aliphatic rings. The number of benzene rings is 3. The van der Waals surface area contributed by atoms with Crippen LogP contribution in [0.1, 0.15) is 27.2 Å². The molecule has 0 aliphatic carbocycles. The highest BCUT2D eigenvalue weighted by molar-refractivity contribution is 6.38. The van der Waals surface area contributed by atoms with Crippen molar-refractivity contribution in [2.45, 2.75) is 19.3 Å². The number of hydrogen-bond acceptors (Lipinski definition) is 4. The lowest BCUT2D eigenvalue weighted by Crippen LogP contribution is -2.37. The second-order valence-corrected chi connectivity index (χ2v) is 10.4. The Morgan fingerprint density at radius 3 is 2.17 bits per heavy atom. The summed E-state index contributed by atoms with van der Waals surface area (Å²) in [6, 6.07) is 23.4. The Kier molecular flexibility index (Phi) is 9.46. The number of amidine groups is 1. The number of carbonyl (C=O) groups is 2. The van der Waals surface area contributed by atoms with Crippen LogP contribution < -0.4 is 20.6 Å². The normalized spacial score (nSPS) is 11.5. The van der Waals surface area contributed by atoms with Crippen LogP contribution in [0, 0.1) is 5.41 Å². The molecule has 0 saturated carbocycles.